The number of esters is 1. The van der Waals surface area contributed by atoms with Crippen LogP contribution in [0.15, 0.2) is 24.3 Å². The number of carbonyl (C=O) groups excluding carboxylic acids is 3. The molecule has 0 unspecified atom stereocenters. The lowest BCUT2D eigenvalue weighted by Gasteiger charge is -2.31. The summed E-state index contributed by atoms with van der Waals surface area (Å²) < 4.78 is 18.8. The zero-order chi connectivity index (χ0) is 15.1. The predicted molar refractivity (Wildman–Crippen MR) is 67.9 cm³/mol. The van der Waals surface area contributed by atoms with Crippen LogP contribution in [-0.2, 0) is 9.53 Å². The van der Waals surface area contributed by atoms with Crippen molar-refractivity contribution in [2.75, 3.05) is 7.11 Å². The molecule has 0 saturated carbocycles. The van der Waals surface area contributed by atoms with Crippen LogP contribution >= 0.6 is 0 Å². The first-order chi connectivity index (χ1) is 9.29. The Labute approximate surface area is 115 Å². The Morgan fingerprint density at radius 3 is 2.00 bits per heavy atom. The van der Waals surface area contributed by atoms with Gasteiger partial charge in [-0.15, -0.1) is 0 Å². The van der Waals surface area contributed by atoms with Gasteiger partial charge in [0.25, 0.3) is 11.8 Å². The molecule has 0 N–H and O–H groups in total. The molecule has 0 saturated heterocycles. The van der Waals surface area contributed by atoms with E-state index in [1.54, 1.807) is 12.1 Å². The summed E-state index contributed by atoms with van der Waals surface area (Å²) in [5.41, 5.74) is -1.79. The number of rotatable bonds is 3. The Hall–Kier alpha value is -2.24. The molecule has 2 amide bonds. The van der Waals surface area contributed by atoms with Crippen LogP contribution in [0.4, 0.5) is 4.39 Å². The van der Waals surface area contributed by atoms with Crippen molar-refractivity contribution in [3.63, 3.8) is 0 Å². The van der Waals surface area contributed by atoms with E-state index in [1.807, 2.05) is 0 Å². The van der Waals surface area contributed by atoms with Crippen LogP contribution in [0.25, 0.3) is 0 Å². The summed E-state index contributed by atoms with van der Waals surface area (Å²) in [7, 11) is 1.08. The smallest absolute Gasteiger partial charge is 0.332 e. The highest BCUT2D eigenvalue weighted by Gasteiger charge is 2.50. The normalized spacial score (nSPS) is 16.1. The van der Waals surface area contributed by atoms with E-state index in [0.717, 1.165) is 21.0 Å². The van der Waals surface area contributed by atoms with Crippen molar-refractivity contribution in [1.29, 1.82) is 0 Å². The number of hydrogen-bond donors (Lipinski definition) is 0. The minimum absolute atomic E-state index is 0.163. The molecule has 1 aliphatic heterocycles. The van der Waals surface area contributed by atoms with Crippen LogP contribution in [-0.4, -0.2) is 41.5 Å². The summed E-state index contributed by atoms with van der Waals surface area (Å²) in [5, 5.41) is 0. The maximum Gasteiger partial charge on any atom is 0.332 e. The number of imide groups is 1. The molecule has 0 aliphatic carbocycles. The van der Waals surface area contributed by atoms with Gasteiger partial charge < -0.3 is 4.74 Å². The molecular formula is C14H14FNO4. The van der Waals surface area contributed by atoms with Gasteiger partial charge in [0.15, 0.2) is 6.04 Å². The lowest BCUT2D eigenvalue weighted by molar-refractivity contribution is -0.149. The van der Waals surface area contributed by atoms with Gasteiger partial charge in [0.1, 0.15) is 5.67 Å². The largest absolute Gasteiger partial charge is 0.467 e. The van der Waals surface area contributed by atoms with Gasteiger partial charge >= 0.3 is 5.97 Å². The van der Waals surface area contributed by atoms with E-state index in [0.29, 0.717) is 4.90 Å². The zero-order valence-electron chi connectivity index (χ0n) is 11.3. The minimum atomic E-state index is -2.11. The quantitative estimate of drug-likeness (QED) is 0.622. The Morgan fingerprint density at radius 2 is 1.65 bits per heavy atom. The molecule has 106 valence electrons. The van der Waals surface area contributed by atoms with E-state index in [-0.39, 0.29) is 11.1 Å². The molecule has 1 atom stereocenters. The van der Waals surface area contributed by atoms with Crippen LogP contribution in [0.2, 0.25) is 0 Å². The molecule has 20 heavy (non-hydrogen) atoms. The van der Waals surface area contributed by atoms with Crippen LogP contribution in [0.1, 0.15) is 34.6 Å². The highest BCUT2D eigenvalue weighted by atomic mass is 19.1. The summed E-state index contributed by atoms with van der Waals surface area (Å²) in [4.78, 5) is 36.9. The molecule has 0 radical (unpaired) electrons. The van der Waals surface area contributed by atoms with Gasteiger partial charge in [0, 0.05) is 0 Å². The van der Waals surface area contributed by atoms with E-state index < -0.39 is 29.5 Å². The number of ether oxygens (including phenoxy) is 1. The van der Waals surface area contributed by atoms with Crippen LogP contribution < -0.4 is 0 Å². The molecule has 6 heteroatoms. The van der Waals surface area contributed by atoms with E-state index in [9.17, 15) is 18.8 Å². The lowest BCUT2D eigenvalue weighted by Crippen LogP contribution is -2.54. The molecule has 1 aromatic rings. The summed E-state index contributed by atoms with van der Waals surface area (Å²) in [5.74, 6) is -2.34. The molecule has 0 bridgehead atoms. The van der Waals surface area contributed by atoms with Gasteiger partial charge in [-0.05, 0) is 26.0 Å². The van der Waals surface area contributed by atoms with Crippen molar-refractivity contribution in [2.24, 2.45) is 0 Å². The summed E-state index contributed by atoms with van der Waals surface area (Å²) in [6.07, 6.45) is 0. The number of methoxy groups -OCH3 is 1. The fourth-order valence-electron chi connectivity index (χ4n) is 2.25. The summed E-state index contributed by atoms with van der Waals surface area (Å²) in [6, 6.07) is 4.52. The molecule has 2 rings (SSSR count). The molecule has 1 aromatic carbocycles. The highest BCUT2D eigenvalue weighted by Crippen LogP contribution is 2.30. The van der Waals surface area contributed by atoms with Gasteiger partial charge in [-0.25, -0.2) is 9.18 Å². The molecule has 0 fully saturated rings. The molecular weight excluding hydrogens is 265 g/mol. The van der Waals surface area contributed by atoms with E-state index in [1.165, 1.54) is 12.1 Å². The fraction of sp³-hybridized carbons (Fsp3) is 0.357. The van der Waals surface area contributed by atoms with Crippen LogP contribution in [0.3, 0.4) is 0 Å². The standard InChI is InChI=1S/C14H14FNO4/c1-14(2,15)10(13(19)20-3)16-11(17)8-6-4-5-7-9(8)12(16)18/h4-7,10H,1-3H3/t10-/m1/s1. The molecule has 5 nitrogen and oxygen atoms in total. The minimum Gasteiger partial charge on any atom is -0.467 e. The van der Waals surface area contributed by atoms with Crippen molar-refractivity contribution in [1.82, 2.24) is 4.90 Å². The maximum atomic E-state index is 14.3. The second-order valence-electron chi connectivity index (χ2n) is 5.02. The highest BCUT2D eigenvalue weighted by molar-refractivity contribution is 6.22. The predicted octanol–water partition coefficient (Wildman–Crippen LogP) is 1.57. The first kappa shape index (κ1) is 14.2. The first-order valence-corrected chi connectivity index (χ1v) is 6.02. The van der Waals surface area contributed by atoms with Crippen molar-refractivity contribution in [3.8, 4) is 0 Å². The van der Waals surface area contributed by atoms with Crippen molar-refractivity contribution in [2.45, 2.75) is 25.6 Å². The summed E-state index contributed by atoms with van der Waals surface area (Å²) >= 11 is 0. The Kier molecular flexibility index (Phi) is 3.33. The molecule has 1 aliphatic rings. The second kappa shape index (κ2) is 4.70. The van der Waals surface area contributed by atoms with Crippen LogP contribution in [0.5, 0.6) is 0 Å². The van der Waals surface area contributed by atoms with Gasteiger partial charge in [-0.2, -0.15) is 0 Å². The average Bonchev–Trinajstić information content (AvgIpc) is 2.63. The second-order valence-corrected chi connectivity index (χ2v) is 5.02. The van der Waals surface area contributed by atoms with E-state index >= 15 is 0 Å². The topological polar surface area (TPSA) is 63.7 Å². The van der Waals surface area contributed by atoms with E-state index in [4.69, 9.17) is 0 Å². The Bertz CT molecular complexity index is 556. The van der Waals surface area contributed by atoms with Crippen molar-refractivity contribution in [3.05, 3.63) is 35.4 Å². The number of carbonyl (C=O) groups is 3. The van der Waals surface area contributed by atoms with Gasteiger partial charge in [0.2, 0.25) is 0 Å². The number of nitrogens with zero attached hydrogens (tertiary/aromatic N) is 1. The fourth-order valence-corrected chi connectivity index (χ4v) is 2.25. The number of alkyl halides is 1. The zero-order valence-corrected chi connectivity index (χ0v) is 11.3. The van der Waals surface area contributed by atoms with Crippen molar-refractivity contribution >= 4 is 17.8 Å². The first-order valence-electron chi connectivity index (χ1n) is 6.02. The van der Waals surface area contributed by atoms with Gasteiger partial charge in [0.05, 0.1) is 18.2 Å². The Balaban J connectivity index is 2.50. The third-order valence-electron chi connectivity index (χ3n) is 3.16. The number of fused-ring (bicyclic) bond motifs is 1. The summed E-state index contributed by atoms with van der Waals surface area (Å²) in [6.45, 7) is 2.25. The number of amides is 2. The van der Waals surface area contributed by atoms with Gasteiger partial charge in [-0.1, -0.05) is 12.1 Å². The maximum absolute atomic E-state index is 14.3. The van der Waals surface area contributed by atoms with E-state index in [2.05, 4.69) is 4.74 Å². The van der Waals surface area contributed by atoms with Gasteiger partial charge in [-0.3, -0.25) is 14.5 Å². The van der Waals surface area contributed by atoms with Crippen molar-refractivity contribution < 1.29 is 23.5 Å². The third kappa shape index (κ3) is 2.07. The number of halogens is 1. The lowest BCUT2D eigenvalue weighted by atomic mass is 9.99. The average molecular weight is 279 g/mol. The number of benzene rings is 1. The third-order valence-corrected chi connectivity index (χ3v) is 3.16. The Morgan fingerprint density at radius 1 is 1.20 bits per heavy atom. The molecule has 1 heterocycles. The number of hydrogen-bond acceptors (Lipinski definition) is 4. The SMILES string of the molecule is COC(=O)[C@@H](N1C(=O)c2ccccc2C1=O)C(C)(C)F. The van der Waals surface area contributed by atoms with Crippen LogP contribution in [0, 0.1) is 0 Å². The molecule has 0 spiro atoms. The molecule has 0 aromatic heterocycles. The monoisotopic (exact) mass is 279 g/mol.